The maximum Gasteiger partial charge on any atom is 0.338 e. The van der Waals surface area contributed by atoms with Crippen molar-refractivity contribution in [2.24, 2.45) is 23.7 Å². The summed E-state index contributed by atoms with van der Waals surface area (Å²) >= 11 is 0. The van der Waals surface area contributed by atoms with Crippen LogP contribution in [0.25, 0.3) is 0 Å². The third-order valence-corrected chi connectivity index (χ3v) is 5.67. The van der Waals surface area contributed by atoms with Gasteiger partial charge in [-0.2, -0.15) is 0 Å². The number of hydrogen-bond donors (Lipinski definition) is 2. The SMILES string of the molecule is CCCCCCOC(=O)c1ccc(NC(=O)[C@@H]2[C@@H](C(=O)O)[C@H]3C=C[C@@H]2C3)cc1. The Morgan fingerprint density at radius 3 is 2.36 bits per heavy atom. The monoisotopic (exact) mass is 385 g/mol. The largest absolute Gasteiger partial charge is 0.481 e. The third kappa shape index (κ3) is 4.43. The molecule has 0 saturated heterocycles. The lowest BCUT2D eigenvalue weighted by molar-refractivity contribution is -0.146. The first-order chi connectivity index (χ1) is 13.5. The van der Waals surface area contributed by atoms with E-state index in [2.05, 4.69) is 12.2 Å². The van der Waals surface area contributed by atoms with Crippen molar-refractivity contribution < 1.29 is 24.2 Å². The van der Waals surface area contributed by atoms with Crippen LogP contribution in [0.1, 0.15) is 49.4 Å². The number of anilines is 1. The summed E-state index contributed by atoms with van der Waals surface area (Å²) in [4.78, 5) is 36.3. The summed E-state index contributed by atoms with van der Waals surface area (Å²) in [5.41, 5.74) is 0.972. The van der Waals surface area contributed by atoms with Gasteiger partial charge in [-0.1, -0.05) is 38.3 Å². The zero-order valence-electron chi connectivity index (χ0n) is 16.1. The molecule has 6 heteroatoms. The number of allylic oxidation sites excluding steroid dienone is 2. The molecule has 0 aromatic heterocycles. The van der Waals surface area contributed by atoms with Crippen LogP contribution in [0.5, 0.6) is 0 Å². The van der Waals surface area contributed by atoms with Crippen LogP contribution in [0.15, 0.2) is 36.4 Å². The summed E-state index contributed by atoms with van der Waals surface area (Å²) in [6.45, 7) is 2.54. The molecule has 6 nitrogen and oxygen atoms in total. The van der Waals surface area contributed by atoms with Gasteiger partial charge in [0.2, 0.25) is 5.91 Å². The van der Waals surface area contributed by atoms with Gasteiger partial charge in [0.15, 0.2) is 0 Å². The Labute approximate surface area is 165 Å². The predicted octanol–water partition coefficient (Wildman–Crippen LogP) is 3.89. The molecule has 1 amide bonds. The highest BCUT2D eigenvalue weighted by Crippen LogP contribution is 2.48. The van der Waals surface area contributed by atoms with Crippen molar-refractivity contribution in [1.82, 2.24) is 0 Å². The lowest BCUT2D eigenvalue weighted by Crippen LogP contribution is -2.36. The summed E-state index contributed by atoms with van der Waals surface area (Å²) in [6, 6.07) is 6.51. The van der Waals surface area contributed by atoms with Crippen LogP contribution in [0.2, 0.25) is 0 Å². The zero-order chi connectivity index (χ0) is 20.1. The molecule has 1 aromatic carbocycles. The number of carbonyl (C=O) groups excluding carboxylic acids is 2. The van der Waals surface area contributed by atoms with Crippen molar-refractivity contribution >= 4 is 23.5 Å². The highest BCUT2D eigenvalue weighted by Gasteiger charge is 2.51. The Hall–Kier alpha value is -2.63. The van der Waals surface area contributed by atoms with Crippen molar-refractivity contribution in [1.29, 1.82) is 0 Å². The molecule has 3 rings (SSSR count). The smallest absolute Gasteiger partial charge is 0.338 e. The van der Waals surface area contributed by atoms with Gasteiger partial charge in [0.25, 0.3) is 0 Å². The molecule has 2 N–H and O–H groups in total. The number of carbonyl (C=O) groups is 3. The molecule has 2 aliphatic rings. The molecule has 28 heavy (non-hydrogen) atoms. The van der Waals surface area contributed by atoms with Crippen molar-refractivity contribution in [2.75, 3.05) is 11.9 Å². The van der Waals surface area contributed by atoms with Gasteiger partial charge in [-0.15, -0.1) is 0 Å². The van der Waals surface area contributed by atoms with Crippen LogP contribution in [-0.4, -0.2) is 29.6 Å². The van der Waals surface area contributed by atoms with Crippen LogP contribution in [-0.2, 0) is 14.3 Å². The van der Waals surface area contributed by atoms with Crippen LogP contribution < -0.4 is 5.32 Å². The van der Waals surface area contributed by atoms with Gasteiger partial charge in [-0.05, 0) is 48.9 Å². The first-order valence-corrected chi connectivity index (χ1v) is 10.0. The maximum absolute atomic E-state index is 12.7. The van der Waals surface area contributed by atoms with Crippen LogP contribution in [0, 0.1) is 23.7 Å². The fourth-order valence-electron chi connectivity index (χ4n) is 4.21. The molecule has 1 aromatic rings. The Bertz CT molecular complexity index is 755. The second kappa shape index (κ2) is 9.04. The van der Waals surface area contributed by atoms with Gasteiger partial charge in [0, 0.05) is 5.69 Å². The van der Waals surface area contributed by atoms with E-state index in [-0.39, 0.29) is 23.7 Å². The van der Waals surface area contributed by atoms with Gasteiger partial charge in [0.05, 0.1) is 24.0 Å². The van der Waals surface area contributed by atoms with Crippen LogP contribution in [0.3, 0.4) is 0 Å². The Morgan fingerprint density at radius 1 is 1.04 bits per heavy atom. The molecule has 2 aliphatic carbocycles. The Kier molecular flexibility index (Phi) is 6.49. The van der Waals surface area contributed by atoms with E-state index >= 15 is 0 Å². The number of aliphatic carboxylic acids is 1. The van der Waals surface area contributed by atoms with Crippen LogP contribution >= 0.6 is 0 Å². The first-order valence-electron chi connectivity index (χ1n) is 10.0. The molecule has 1 fully saturated rings. The molecule has 0 unspecified atom stereocenters. The molecule has 4 atom stereocenters. The Morgan fingerprint density at radius 2 is 1.71 bits per heavy atom. The predicted molar refractivity (Wildman–Crippen MR) is 105 cm³/mol. The van der Waals surface area contributed by atoms with E-state index < -0.39 is 17.8 Å². The van der Waals surface area contributed by atoms with E-state index in [0.29, 0.717) is 17.9 Å². The second-order valence-corrected chi connectivity index (χ2v) is 7.60. The molecular weight excluding hydrogens is 358 g/mol. The second-order valence-electron chi connectivity index (χ2n) is 7.60. The molecule has 150 valence electrons. The van der Waals surface area contributed by atoms with E-state index in [4.69, 9.17) is 4.74 Å². The van der Waals surface area contributed by atoms with E-state index in [9.17, 15) is 19.5 Å². The minimum absolute atomic E-state index is 0.0203. The van der Waals surface area contributed by atoms with Gasteiger partial charge < -0.3 is 15.2 Å². The van der Waals surface area contributed by atoms with Crippen molar-refractivity contribution in [3.63, 3.8) is 0 Å². The zero-order valence-corrected chi connectivity index (χ0v) is 16.1. The number of amides is 1. The molecule has 0 spiro atoms. The van der Waals surface area contributed by atoms with Gasteiger partial charge in [-0.3, -0.25) is 9.59 Å². The number of nitrogens with one attached hydrogen (secondary N) is 1. The minimum atomic E-state index is -0.922. The highest BCUT2D eigenvalue weighted by atomic mass is 16.5. The number of hydrogen-bond acceptors (Lipinski definition) is 4. The van der Waals surface area contributed by atoms with Gasteiger partial charge in [0.1, 0.15) is 0 Å². The number of benzene rings is 1. The summed E-state index contributed by atoms with van der Waals surface area (Å²) in [6.07, 6.45) is 8.75. The summed E-state index contributed by atoms with van der Waals surface area (Å²) < 4.78 is 5.25. The van der Waals surface area contributed by atoms with Crippen molar-refractivity contribution in [2.45, 2.75) is 39.0 Å². The van der Waals surface area contributed by atoms with Gasteiger partial charge >= 0.3 is 11.9 Å². The van der Waals surface area contributed by atoms with Crippen molar-refractivity contribution in [3.8, 4) is 0 Å². The third-order valence-electron chi connectivity index (χ3n) is 5.67. The number of carboxylic acid groups (broad SMARTS) is 1. The van der Waals surface area contributed by atoms with E-state index in [0.717, 1.165) is 32.1 Å². The molecule has 0 radical (unpaired) electrons. The standard InChI is InChI=1S/C22H27NO5/c1-2-3-4-5-12-28-22(27)14-8-10-17(11-9-14)23-20(24)18-15-6-7-16(13-15)19(18)21(25)26/h6-11,15-16,18-19H,2-5,12-13H2,1H3,(H,23,24)(H,25,26)/t15-,16+,18+,19+/m1/s1. The minimum Gasteiger partial charge on any atom is -0.481 e. The molecule has 0 heterocycles. The average molecular weight is 385 g/mol. The Balaban J connectivity index is 1.54. The number of unbranched alkanes of at least 4 members (excludes halogenated alkanes) is 3. The fourth-order valence-corrected chi connectivity index (χ4v) is 4.21. The lowest BCUT2D eigenvalue weighted by atomic mass is 9.82. The normalized spacial score (nSPS) is 24.9. The number of esters is 1. The molecule has 0 aliphatic heterocycles. The first kappa shape index (κ1) is 20.1. The van der Waals surface area contributed by atoms with Crippen molar-refractivity contribution in [3.05, 3.63) is 42.0 Å². The number of fused-ring (bicyclic) bond motifs is 2. The molecular formula is C22H27NO5. The van der Waals surface area contributed by atoms with E-state index in [1.807, 2.05) is 12.2 Å². The quantitative estimate of drug-likeness (QED) is 0.382. The summed E-state index contributed by atoms with van der Waals surface area (Å²) in [5, 5.41) is 12.3. The van der Waals surface area contributed by atoms with Crippen LogP contribution in [0.4, 0.5) is 5.69 Å². The topological polar surface area (TPSA) is 92.7 Å². The van der Waals surface area contributed by atoms with Gasteiger partial charge in [-0.25, -0.2) is 4.79 Å². The number of carboxylic acids is 1. The van der Waals surface area contributed by atoms with E-state index in [1.165, 1.54) is 0 Å². The maximum atomic E-state index is 12.7. The average Bonchev–Trinajstić information content (AvgIpc) is 3.29. The fraction of sp³-hybridized carbons (Fsp3) is 0.500. The summed E-state index contributed by atoms with van der Waals surface area (Å²) in [5.74, 6) is -2.89. The summed E-state index contributed by atoms with van der Waals surface area (Å²) in [7, 11) is 0. The van der Waals surface area contributed by atoms with E-state index in [1.54, 1.807) is 24.3 Å². The molecule has 2 bridgehead atoms. The number of ether oxygens (including phenoxy) is 1. The molecule has 1 saturated carbocycles. The number of rotatable bonds is 9. The lowest BCUT2D eigenvalue weighted by Gasteiger charge is -2.23. The highest BCUT2D eigenvalue weighted by molar-refractivity contribution is 5.97.